The van der Waals surface area contributed by atoms with Gasteiger partial charge in [-0.05, 0) is 80.0 Å². The number of hydrogen-bond donors (Lipinski definition) is 0. The fourth-order valence-corrected chi connectivity index (χ4v) is 6.60. The lowest BCUT2D eigenvalue weighted by Gasteiger charge is -2.55. The minimum atomic E-state index is 0.734. The molecular weight excluding hydrogens is 216 g/mol. The van der Waals surface area contributed by atoms with Crippen LogP contribution in [0.15, 0.2) is 12.2 Å². The van der Waals surface area contributed by atoms with Gasteiger partial charge in [0.15, 0.2) is 0 Å². The molecule has 0 aliphatic heterocycles. The van der Waals surface area contributed by atoms with Crippen molar-refractivity contribution in [3.8, 4) is 0 Å². The molecule has 0 aromatic rings. The largest absolute Gasteiger partial charge is 0.0996 e. The molecule has 100 valence electrons. The van der Waals surface area contributed by atoms with Crippen LogP contribution in [0.2, 0.25) is 0 Å². The molecule has 0 aromatic carbocycles. The maximum Gasteiger partial charge on any atom is -0.0200 e. The quantitative estimate of drug-likeness (QED) is 0.514. The zero-order valence-electron chi connectivity index (χ0n) is 12.0. The van der Waals surface area contributed by atoms with Crippen LogP contribution < -0.4 is 0 Å². The molecule has 4 fully saturated rings. The summed E-state index contributed by atoms with van der Waals surface area (Å²) < 4.78 is 0. The molecule has 4 aliphatic carbocycles. The van der Waals surface area contributed by atoms with E-state index in [9.17, 15) is 0 Å². The van der Waals surface area contributed by atoms with Gasteiger partial charge >= 0.3 is 0 Å². The second-order valence-corrected chi connectivity index (χ2v) is 8.06. The Morgan fingerprint density at radius 3 is 2.83 bits per heavy atom. The van der Waals surface area contributed by atoms with Crippen LogP contribution in [-0.2, 0) is 0 Å². The molecule has 4 aliphatic rings. The minimum Gasteiger partial charge on any atom is -0.0996 e. The molecule has 0 heterocycles. The normalized spacial score (nSPS) is 54.9. The third kappa shape index (κ3) is 1.44. The molecule has 18 heavy (non-hydrogen) atoms. The topological polar surface area (TPSA) is 0 Å². The highest BCUT2D eigenvalue weighted by Crippen LogP contribution is 2.66. The van der Waals surface area contributed by atoms with Crippen LogP contribution in [-0.4, -0.2) is 0 Å². The Bertz CT molecular complexity index is 368. The molecule has 4 rings (SSSR count). The Morgan fingerprint density at radius 1 is 1.06 bits per heavy atom. The van der Waals surface area contributed by atoms with Gasteiger partial charge in [0.05, 0.1) is 0 Å². The van der Waals surface area contributed by atoms with Crippen molar-refractivity contribution in [3.05, 3.63) is 12.2 Å². The number of fused-ring (bicyclic) bond motifs is 3. The van der Waals surface area contributed by atoms with E-state index in [1.807, 2.05) is 0 Å². The SMILES string of the molecule is C=C1C[C@@]23CC[C@@H]4C(C)CCCC4[C@@H]2CC[C@@H]1C3. The Morgan fingerprint density at radius 2 is 1.94 bits per heavy atom. The van der Waals surface area contributed by atoms with Crippen molar-refractivity contribution in [2.75, 3.05) is 0 Å². The zero-order chi connectivity index (χ0) is 12.3. The average Bonchev–Trinajstić information content (AvgIpc) is 2.60. The third-order valence-electron chi connectivity index (χ3n) is 7.39. The predicted octanol–water partition coefficient (Wildman–Crippen LogP) is 5.20. The maximum absolute atomic E-state index is 4.40. The predicted molar refractivity (Wildman–Crippen MR) is 76.3 cm³/mol. The van der Waals surface area contributed by atoms with Crippen molar-refractivity contribution in [2.45, 2.75) is 64.7 Å². The van der Waals surface area contributed by atoms with Crippen LogP contribution in [0.1, 0.15) is 64.7 Å². The summed E-state index contributed by atoms with van der Waals surface area (Å²) >= 11 is 0. The Kier molecular flexibility index (Phi) is 2.48. The Labute approximate surface area is 112 Å². The second-order valence-electron chi connectivity index (χ2n) is 8.06. The van der Waals surface area contributed by atoms with Crippen molar-refractivity contribution >= 4 is 0 Å². The van der Waals surface area contributed by atoms with Gasteiger partial charge in [-0.25, -0.2) is 0 Å². The molecule has 6 atom stereocenters. The highest BCUT2D eigenvalue weighted by atomic mass is 14.6. The summed E-state index contributed by atoms with van der Waals surface area (Å²) in [5.74, 6) is 5.19. The van der Waals surface area contributed by atoms with Crippen LogP contribution in [0, 0.1) is 35.0 Å². The van der Waals surface area contributed by atoms with E-state index in [4.69, 9.17) is 0 Å². The van der Waals surface area contributed by atoms with E-state index in [-0.39, 0.29) is 0 Å². The lowest BCUT2D eigenvalue weighted by atomic mass is 9.50. The molecule has 0 N–H and O–H groups in total. The second kappa shape index (κ2) is 3.87. The minimum absolute atomic E-state index is 0.734. The molecule has 0 amide bonds. The molecule has 0 aromatic heterocycles. The first-order valence-corrected chi connectivity index (χ1v) is 8.37. The molecule has 4 saturated carbocycles. The van der Waals surface area contributed by atoms with Crippen LogP contribution in [0.5, 0.6) is 0 Å². The van der Waals surface area contributed by atoms with Crippen molar-refractivity contribution < 1.29 is 0 Å². The average molecular weight is 244 g/mol. The van der Waals surface area contributed by atoms with Gasteiger partial charge in [-0.15, -0.1) is 0 Å². The van der Waals surface area contributed by atoms with Gasteiger partial charge in [-0.1, -0.05) is 31.9 Å². The van der Waals surface area contributed by atoms with Crippen LogP contribution in [0.25, 0.3) is 0 Å². The number of rotatable bonds is 0. The van der Waals surface area contributed by atoms with Crippen LogP contribution in [0.3, 0.4) is 0 Å². The molecule has 2 unspecified atom stereocenters. The summed E-state index contributed by atoms with van der Waals surface area (Å²) in [5.41, 5.74) is 2.36. The van der Waals surface area contributed by atoms with E-state index in [1.54, 1.807) is 24.8 Å². The van der Waals surface area contributed by atoms with Crippen LogP contribution in [0.4, 0.5) is 0 Å². The third-order valence-corrected chi connectivity index (χ3v) is 7.39. The standard InChI is InChI=1S/C18H28/c1-12-4-3-5-16-15(12)8-9-18-10-13(2)14(11-18)6-7-17(16)18/h12,14-17H,2-11H2,1H3/t12?,14-,15-,16?,17+,18-/m1/s1. The van der Waals surface area contributed by atoms with Crippen molar-refractivity contribution in [1.82, 2.24) is 0 Å². The monoisotopic (exact) mass is 244 g/mol. The van der Waals surface area contributed by atoms with Gasteiger partial charge in [0.2, 0.25) is 0 Å². The van der Waals surface area contributed by atoms with Crippen molar-refractivity contribution in [2.24, 2.45) is 35.0 Å². The van der Waals surface area contributed by atoms with Gasteiger partial charge in [0.25, 0.3) is 0 Å². The van der Waals surface area contributed by atoms with Gasteiger partial charge < -0.3 is 0 Å². The lowest BCUT2D eigenvalue weighted by molar-refractivity contribution is -0.0550. The van der Waals surface area contributed by atoms with Gasteiger partial charge in [0.1, 0.15) is 0 Å². The summed E-state index contributed by atoms with van der Waals surface area (Å²) in [6, 6.07) is 0. The summed E-state index contributed by atoms with van der Waals surface area (Å²) in [6.07, 6.45) is 13.6. The summed E-state index contributed by atoms with van der Waals surface area (Å²) in [4.78, 5) is 0. The van der Waals surface area contributed by atoms with E-state index in [0.717, 1.165) is 35.0 Å². The van der Waals surface area contributed by atoms with E-state index in [0.29, 0.717) is 0 Å². The van der Waals surface area contributed by atoms with E-state index >= 15 is 0 Å². The van der Waals surface area contributed by atoms with Crippen molar-refractivity contribution in [3.63, 3.8) is 0 Å². The van der Waals surface area contributed by atoms with Crippen molar-refractivity contribution in [1.29, 1.82) is 0 Å². The fraction of sp³-hybridized carbons (Fsp3) is 0.889. The number of allylic oxidation sites excluding steroid dienone is 1. The number of hydrogen-bond acceptors (Lipinski definition) is 0. The Balaban J connectivity index is 1.66. The fourth-order valence-electron chi connectivity index (χ4n) is 6.60. The smallest absolute Gasteiger partial charge is 0.0200 e. The Hall–Kier alpha value is -0.260. The lowest BCUT2D eigenvalue weighted by Crippen LogP contribution is -2.46. The highest BCUT2D eigenvalue weighted by Gasteiger charge is 2.56. The first-order valence-electron chi connectivity index (χ1n) is 8.37. The molecule has 0 nitrogen and oxygen atoms in total. The van der Waals surface area contributed by atoms with Gasteiger partial charge in [-0.3, -0.25) is 0 Å². The highest BCUT2D eigenvalue weighted by molar-refractivity contribution is 5.19. The van der Waals surface area contributed by atoms with Gasteiger partial charge in [0, 0.05) is 0 Å². The first kappa shape index (κ1) is 11.6. The molecule has 1 spiro atoms. The first-order chi connectivity index (χ1) is 8.70. The molecule has 0 saturated heterocycles. The van der Waals surface area contributed by atoms with E-state index < -0.39 is 0 Å². The summed E-state index contributed by atoms with van der Waals surface area (Å²) in [6.45, 7) is 6.94. The molecule has 0 radical (unpaired) electrons. The van der Waals surface area contributed by atoms with Gasteiger partial charge in [-0.2, -0.15) is 0 Å². The van der Waals surface area contributed by atoms with Crippen LogP contribution >= 0.6 is 0 Å². The van der Waals surface area contributed by atoms with E-state index in [2.05, 4.69) is 13.5 Å². The zero-order valence-corrected chi connectivity index (χ0v) is 12.0. The molecular formula is C18H28. The molecule has 0 heteroatoms. The summed E-state index contributed by atoms with van der Waals surface area (Å²) in [5, 5.41) is 0. The molecule has 2 bridgehead atoms. The van der Waals surface area contributed by atoms with E-state index in [1.165, 1.54) is 38.5 Å². The maximum atomic E-state index is 4.40. The summed E-state index contributed by atoms with van der Waals surface area (Å²) in [7, 11) is 0.